The van der Waals surface area contributed by atoms with Crippen LogP contribution in [0.1, 0.15) is 30.6 Å². The molecule has 0 bridgehead atoms. The maximum atomic E-state index is 13.5. The van der Waals surface area contributed by atoms with Gasteiger partial charge in [0.1, 0.15) is 0 Å². The molecule has 0 saturated heterocycles. The van der Waals surface area contributed by atoms with Gasteiger partial charge >= 0.3 is 0 Å². The van der Waals surface area contributed by atoms with Crippen molar-refractivity contribution < 1.29 is 13.9 Å². The summed E-state index contributed by atoms with van der Waals surface area (Å²) < 4.78 is 18.7. The first-order valence-corrected chi connectivity index (χ1v) is 4.59. The first-order valence-electron chi connectivity index (χ1n) is 4.59. The summed E-state index contributed by atoms with van der Waals surface area (Å²) in [5.41, 5.74) is 0.0820. The molecule has 0 unspecified atom stereocenters. The fraction of sp³-hybridized carbons (Fsp3) is 0.364. The van der Waals surface area contributed by atoms with E-state index in [-0.39, 0.29) is 17.1 Å². The summed E-state index contributed by atoms with van der Waals surface area (Å²) in [5, 5.41) is 0. The quantitative estimate of drug-likeness (QED) is 0.692. The Labute approximate surface area is 82.7 Å². The smallest absolute Gasteiger partial charge is 0.175 e. The number of benzene rings is 1. The highest BCUT2D eigenvalue weighted by atomic mass is 19.1. The van der Waals surface area contributed by atoms with Gasteiger partial charge in [0.2, 0.25) is 0 Å². The number of rotatable bonds is 4. The summed E-state index contributed by atoms with van der Waals surface area (Å²) >= 11 is 0. The lowest BCUT2D eigenvalue weighted by Gasteiger charge is -2.07. The zero-order chi connectivity index (χ0) is 10.6. The highest BCUT2D eigenvalue weighted by Crippen LogP contribution is 2.20. The molecule has 0 N–H and O–H groups in total. The molecule has 1 aromatic carbocycles. The van der Waals surface area contributed by atoms with Crippen LogP contribution in [0.2, 0.25) is 0 Å². The third-order valence-corrected chi connectivity index (χ3v) is 1.80. The molecule has 0 aliphatic heterocycles. The molecule has 2 nitrogen and oxygen atoms in total. The molecule has 0 radical (unpaired) electrons. The van der Waals surface area contributed by atoms with Gasteiger partial charge in [0.05, 0.1) is 12.2 Å². The molecule has 0 aliphatic carbocycles. The van der Waals surface area contributed by atoms with Crippen LogP contribution in [0.3, 0.4) is 0 Å². The minimum absolute atomic E-state index is 0.0820. The maximum absolute atomic E-state index is 13.5. The van der Waals surface area contributed by atoms with Gasteiger partial charge in [-0.2, -0.15) is 0 Å². The highest BCUT2D eigenvalue weighted by Gasteiger charge is 2.11. The van der Waals surface area contributed by atoms with Crippen LogP contribution in [0.15, 0.2) is 18.2 Å². The van der Waals surface area contributed by atoms with E-state index in [1.165, 1.54) is 19.1 Å². The minimum atomic E-state index is -0.562. The molecule has 0 aliphatic rings. The summed E-state index contributed by atoms with van der Waals surface area (Å²) in [6.07, 6.45) is 0.809. The van der Waals surface area contributed by atoms with E-state index in [1.807, 2.05) is 6.92 Å². The Hall–Kier alpha value is -1.38. The Morgan fingerprint density at radius 3 is 2.79 bits per heavy atom. The van der Waals surface area contributed by atoms with E-state index in [1.54, 1.807) is 6.07 Å². The van der Waals surface area contributed by atoms with E-state index in [0.717, 1.165) is 6.42 Å². The number of carbonyl (C=O) groups is 1. The van der Waals surface area contributed by atoms with Crippen molar-refractivity contribution in [1.29, 1.82) is 0 Å². The lowest BCUT2D eigenvalue weighted by molar-refractivity contribution is 0.101. The van der Waals surface area contributed by atoms with E-state index in [9.17, 15) is 9.18 Å². The Morgan fingerprint density at radius 1 is 1.50 bits per heavy atom. The molecular weight excluding hydrogens is 183 g/mol. The summed E-state index contributed by atoms with van der Waals surface area (Å²) in [5.74, 6) is -0.697. The van der Waals surface area contributed by atoms with Gasteiger partial charge < -0.3 is 4.74 Å². The van der Waals surface area contributed by atoms with Gasteiger partial charge in [0.15, 0.2) is 17.3 Å². The fourth-order valence-electron chi connectivity index (χ4n) is 1.11. The van der Waals surface area contributed by atoms with Crippen molar-refractivity contribution in [3.8, 4) is 5.75 Å². The van der Waals surface area contributed by atoms with Crippen LogP contribution in [-0.4, -0.2) is 12.4 Å². The van der Waals surface area contributed by atoms with Crippen molar-refractivity contribution in [3.63, 3.8) is 0 Å². The SMILES string of the molecule is CCCOc1cccc(C(C)=O)c1F. The lowest BCUT2D eigenvalue weighted by atomic mass is 10.1. The van der Waals surface area contributed by atoms with E-state index < -0.39 is 5.82 Å². The third kappa shape index (κ3) is 2.31. The van der Waals surface area contributed by atoms with E-state index >= 15 is 0 Å². The number of halogens is 1. The molecule has 3 heteroatoms. The molecule has 0 fully saturated rings. The molecule has 0 heterocycles. The molecule has 14 heavy (non-hydrogen) atoms. The molecule has 1 aromatic rings. The summed E-state index contributed by atoms with van der Waals surface area (Å²) in [7, 11) is 0. The van der Waals surface area contributed by atoms with E-state index in [2.05, 4.69) is 0 Å². The van der Waals surface area contributed by atoms with Gasteiger partial charge in [-0.25, -0.2) is 4.39 Å². The molecule has 0 spiro atoms. The number of hydrogen-bond donors (Lipinski definition) is 0. The number of hydrogen-bond acceptors (Lipinski definition) is 2. The maximum Gasteiger partial charge on any atom is 0.175 e. The van der Waals surface area contributed by atoms with Gasteiger partial charge in [0.25, 0.3) is 0 Å². The molecule has 0 saturated carbocycles. The second-order valence-electron chi connectivity index (χ2n) is 3.02. The second-order valence-corrected chi connectivity index (χ2v) is 3.02. The monoisotopic (exact) mass is 196 g/mol. The van der Waals surface area contributed by atoms with Crippen molar-refractivity contribution in [2.24, 2.45) is 0 Å². The average molecular weight is 196 g/mol. The second kappa shape index (κ2) is 4.74. The van der Waals surface area contributed by atoms with Crippen LogP contribution < -0.4 is 4.74 Å². The van der Waals surface area contributed by atoms with Crippen LogP contribution in [0.5, 0.6) is 5.75 Å². The normalized spacial score (nSPS) is 9.93. The molecule has 0 aromatic heterocycles. The summed E-state index contributed by atoms with van der Waals surface area (Å²) in [6.45, 7) is 3.73. The Morgan fingerprint density at radius 2 is 2.21 bits per heavy atom. The first-order chi connectivity index (χ1) is 6.66. The number of ether oxygens (including phenoxy) is 1. The highest BCUT2D eigenvalue weighted by molar-refractivity contribution is 5.94. The minimum Gasteiger partial charge on any atom is -0.491 e. The molecule has 0 amide bonds. The van der Waals surface area contributed by atoms with Crippen LogP contribution in [-0.2, 0) is 0 Å². The van der Waals surface area contributed by atoms with E-state index in [4.69, 9.17) is 4.74 Å². The molecule has 76 valence electrons. The van der Waals surface area contributed by atoms with Gasteiger partial charge in [-0.1, -0.05) is 13.0 Å². The third-order valence-electron chi connectivity index (χ3n) is 1.80. The van der Waals surface area contributed by atoms with E-state index in [0.29, 0.717) is 6.61 Å². The number of carbonyl (C=O) groups excluding carboxylic acids is 1. The van der Waals surface area contributed by atoms with Crippen molar-refractivity contribution in [2.75, 3.05) is 6.61 Å². The Bertz CT molecular complexity index is 334. The Balaban J connectivity index is 2.95. The number of ketones is 1. The topological polar surface area (TPSA) is 26.3 Å². The van der Waals surface area contributed by atoms with Crippen LogP contribution >= 0.6 is 0 Å². The van der Waals surface area contributed by atoms with Crippen molar-refractivity contribution >= 4 is 5.78 Å². The van der Waals surface area contributed by atoms with Gasteiger partial charge in [-0.05, 0) is 25.5 Å². The summed E-state index contributed by atoms with van der Waals surface area (Å²) in [4.78, 5) is 11.0. The summed E-state index contributed by atoms with van der Waals surface area (Å²) in [6, 6.07) is 4.60. The van der Waals surface area contributed by atoms with Crippen molar-refractivity contribution in [3.05, 3.63) is 29.6 Å². The molecular formula is C11H13FO2. The van der Waals surface area contributed by atoms with Crippen molar-refractivity contribution in [1.82, 2.24) is 0 Å². The predicted molar refractivity (Wildman–Crippen MR) is 52.2 cm³/mol. The van der Waals surface area contributed by atoms with Crippen LogP contribution in [0, 0.1) is 5.82 Å². The predicted octanol–water partition coefficient (Wildman–Crippen LogP) is 2.82. The van der Waals surface area contributed by atoms with Crippen LogP contribution in [0.25, 0.3) is 0 Å². The standard InChI is InChI=1S/C11H13FO2/c1-3-7-14-10-6-4-5-9(8(2)13)11(10)12/h4-6H,3,7H2,1-2H3. The lowest BCUT2D eigenvalue weighted by Crippen LogP contribution is -2.02. The van der Waals surface area contributed by atoms with Gasteiger partial charge in [-0.3, -0.25) is 4.79 Å². The number of Topliss-reactive ketones (excluding diaryl/α,β-unsaturated/α-hetero) is 1. The molecule has 0 atom stereocenters. The van der Waals surface area contributed by atoms with Crippen LogP contribution in [0.4, 0.5) is 4.39 Å². The van der Waals surface area contributed by atoms with Crippen molar-refractivity contribution in [2.45, 2.75) is 20.3 Å². The Kier molecular flexibility index (Phi) is 3.63. The van der Waals surface area contributed by atoms with Gasteiger partial charge in [0, 0.05) is 0 Å². The van der Waals surface area contributed by atoms with Gasteiger partial charge in [-0.15, -0.1) is 0 Å². The zero-order valence-corrected chi connectivity index (χ0v) is 8.34. The zero-order valence-electron chi connectivity index (χ0n) is 8.34. The average Bonchev–Trinajstić information content (AvgIpc) is 2.16. The fourth-order valence-corrected chi connectivity index (χ4v) is 1.11. The first kappa shape index (κ1) is 10.7. The molecule has 1 rings (SSSR count). The largest absolute Gasteiger partial charge is 0.491 e.